The van der Waals surface area contributed by atoms with Crippen LogP contribution in [0, 0.1) is 5.41 Å². The number of pyridine rings is 1. The number of carbonyl (C=O) groups is 1. The van der Waals surface area contributed by atoms with Crippen molar-refractivity contribution in [2.45, 2.75) is 27.3 Å². The van der Waals surface area contributed by atoms with Crippen molar-refractivity contribution in [2.24, 2.45) is 5.41 Å². The van der Waals surface area contributed by atoms with Crippen molar-refractivity contribution in [2.75, 3.05) is 12.0 Å². The summed E-state index contributed by atoms with van der Waals surface area (Å²) in [6, 6.07) is 11.4. The third-order valence-corrected chi connectivity index (χ3v) is 3.33. The average molecular weight is 298 g/mol. The summed E-state index contributed by atoms with van der Waals surface area (Å²) in [4.78, 5) is 18.7. The lowest BCUT2D eigenvalue weighted by Crippen LogP contribution is -2.39. The number of methoxy groups -OCH3 is 1. The number of rotatable bonds is 4. The van der Waals surface area contributed by atoms with Crippen molar-refractivity contribution in [3.8, 4) is 5.75 Å². The predicted molar refractivity (Wildman–Crippen MR) is 87.9 cm³/mol. The molecular formula is C18H22N2O2. The van der Waals surface area contributed by atoms with Crippen LogP contribution in [0.5, 0.6) is 5.75 Å². The lowest BCUT2D eigenvalue weighted by molar-refractivity contribution is -0.125. The van der Waals surface area contributed by atoms with Crippen LogP contribution < -0.4 is 9.64 Å². The molecule has 0 saturated carbocycles. The standard InChI is InChI=1S/C18H22N2O2/c1-18(2,3)17(21)20(13-14-6-5-11-19-12-14)15-7-9-16(22-4)10-8-15/h5-12H,13H2,1-4H3. The molecule has 22 heavy (non-hydrogen) atoms. The molecule has 1 aromatic heterocycles. The van der Waals surface area contributed by atoms with Crippen molar-refractivity contribution < 1.29 is 9.53 Å². The molecule has 0 unspecified atom stereocenters. The second-order valence-electron chi connectivity index (χ2n) is 6.20. The fraction of sp³-hybridized carbons (Fsp3) is 0.333. The highest BCUT2D eigenvalue weighted by Crippen LogP contribution is 2.26. The molecule has 0 aliphatic heterocycles. The van der Waals surface area contributed by atoms with Gasteiger partial charge in [0.15, 0.2) is 0 Å². The van der Waals surface area contributed by atoms with E-state index in [1.54, 1.807) is 24.4 Å². The predicted octanol–water partition coefficient (Wildman–Crippen LogP) is 3.67. The van der Waals surface area contributed by atoms with Crippen molar-refractivity contribution in [1.29, 1.82) is 0 Å². The van der Waals surface area contributed by atoms with Gasteiger partial charge in [0.25, 0.3) is 0 Å². The van der Waals surface area contributed by atoms with Crippen LogP contribution >= 0.6 is 0 Å². The van der Waals surface area contributed by atoms with E-state index in [-0.39, 0.29) is 5.91 Å². The normalized spacial score (nSPS) is 11.1. The van der Waals surface area contributed by atoms with E-state index in [1.165, 1.54) is 0 Å². The van der Waals surface area contributed by atoms with Crippen LogP contribution in [0.1, 0.15) is 26.3 Å². The highest BCUT2D eigenvalue weighted by molar-refractivity contribution is 5.96. The minimum atomic E-state index is -0.456. The Morgan fingerprint density at radius 2 is 1.86 bits per heavy atom. The van der Waals surface area contributed by atoms with Crippen molar-refractivity contribution in [1.82, 2.24) is 4.98 Å². The number of ether oxygens (including phenoxy) is 1. The molecule has 1 amide bonds. The van der Waals surface area contributed by atoms with E-state index in [0.717, 1.165) is 17.0 Å². The maximum absolute atomic E-state index is 12.8. The first kappa shape index (κ1) is 16.0. The summed E-state index contributed by atoms with van der Waals surface area (Å²) >= 11 is 0. The molecular weight excluding hydrogens is 276 g/mol. The molecule has 116 valence electrons. The molecule has 0 fully saturated rings. The Bertz CT molecular complexity index is 616. The second-order valence-corrected chi connectivity index (χ2v) is 6.20. The Balaban J connectivity index is 2.34. The minimum absolute atomic E-state index is 0.0709. The zero-order chi connectivity index (χ0) is 16.2. The molecule has 1 heterocycles. The number of nitrogens with zero attached hydrogens (tertiary/aromatic N) is 2. The van der Waals surface area contributed by atoms with Gasteiger partial charge >= 0.3 is 0 Å². The van der Waals surface area contributed by atoms with Crippen LogP contribution in [-0.4, -0.2) is 18.0 Å². The second kappa shape index (κ2) is 6.60. The first-order valence-corrected chi connectivity index (χ1v) is 7.27. The van der Waals surface area contributed by atoms with Gasteiger partial charge in [-0.25, -0.2) is 0 Å². The average Bonchev–Trinajstić information content (AvgIpc) is 2.52. The Kier molecular flexibility index (Phi) is 4.81. The Hall–Kier alpha value is -2.36. The molecule has 0 aliphatic carbocycles. The first-order chi connectivity index (χ1) is 10.4. The van der Waals surface area contributed by atoms with Gasteiger partial charge in [-0.2, -0.15) is 0 Å². The van der Waals surface area contributed by atoms with Crippen LogP contribution in [0.25, 0.3) is 0 Å². The van der Waals surface area contributed by atoms with Crippen LogP contribution in [0.3, 0.4) is 0 Å². The Morgan fingerprint density at radius 3 is 2.36 bits per heavy atom. The van der Waals surface area contributed by atoms with Gasteiger partial charge in [-0.05, 0) is 35.9 Å². The van der Waals surface area contributed by atoms with Gasteiger partial charge in [-0.15, -0.1) is 0 Å². The summed E-state index contributed by atoms with van der Waals surface area (Å²) in [5, 5.41) is 0. The number of hydrogen-bond acceptors (Lipinski definition) is 3. The van der Waals surface area contributed by atoms with Crippen molar-refractivity contribution >= 4 is 11.6 Å². The molecule has 0 N–H and O–H groups in total. The fourth-order valence-electron chi connectivity index (χ4n) is 2.12. The molecule has 1 aromatic carbocycles. The molecule has 0 aliphatic rings. The van der Waals surface area contributed by atoms with E-state index in [1.807, 2.05) is 57.2 Å². The van der Waals surface area contributed by atoms with E-state index < -0.39 is 5.41 Å². The van der Waals surface area contributed by atoms with E-state index in [4.69, 9.17) is 4.74 Å². The minimum Gasteiger partial charge on any atom is -0.497 e. The maximum Gasteiger partial charge on any atom is 0.232 e. The molecule has 0 atom stereocenters. The van der Waals surface area contributed by atoms with E-state index >= 15 is 0 Å². The number of carbonyl (C=O) groups excluding carboxylic acids is 1. The Morgan fingerprint density at radius 1 is 1.18 bits per heavy atom. The summed E-state index contributed by atoms with van der Waals surface area (Å²) < 4.78 is 5.18. The van der Waals surface area contributed by atoms with Crippen LogP contribution in [0.15, 0.2) is 48.8 Å². The van der Waals surface area contributed by atoms with Crippen molar-refractivity contribution in [3.05, 3.63) is 54.4 Å². The van der Waals surface area contributed by atoms with Gasteiger partial charge in [0.1, 0.15) is 5.75 Å². The van der Waals surface area contributed by atoms with E-state index in [2.05, 4.69) is 4.98 Å². The summed E-state index contributed by atoms with van der Waals surface area (Å²) in [6.45, 7) is 6.27. The fourth-order valence-corrected chi connectivity index (χ4v) is 2.12. The smallest absolute Gasteiger partial charge is 0.232 e. The topological polar surface area (TPSA) is 42.4 Å². The monoisotopic (exact) mass is 298 g/mol. The zero-order valence-corrected chi connectivity index (χ0v) is 13.5. The maximum atomic E-state index is 12.8. The van der Waals surface area contributed by atoms with Gasteiger partial charge in [-0.1, -0.05) is 26.8 Å². The van der Waals surface area contributed by atoms with Gasteiger partial charge in [0, 0.05) is 23.5 Å². The number of amides is 1. The largest absolute Gasteiger partial charge is 0.497 e. The summed E-state index contributed by atoms with van der Waals surface area (Å²) in [5.74, 6) is 0.842. The number of anilines is 1. The molecule has 4 nitrogen and oxygen atoms in total. The highest BCUT2D eigenvalue weighted by Gasteiger charge is 2.28. The molecule has 2 aromatic rings. The first-order valence-electron chi connectivity index (χ1n) is 7.27. The lowest BCUT2D eigenvalue weighted by atomic mass is 9.94. The van der Waals surface area contributed by atoms with Gasteiger partial charge in [0.2, 0.25) is 5.91 Å². The van der Waals surface area contributed by atoms with Crippen LogP contribution in [0.4, 0.5) is 5.69 Å². The summed E-state index contributed by atoms with van der Waals surface area (Å²) in [5.41, 5.74) is 1.39. The van der Waals surface area contributed by atoms with Gasteiger partial charge < -0.3 is 9.64 Å². The third-order valence-electron chi connectivity index (χ3n) is 3.33. The summed E-state index contributed by atoms with van der Waals surface area (Å²) in [7, 11) is 1.63. The number of hydrogen-bond donors (Lipinski definition) is 0. The van der Waals surface area contributed by atoms with Gasteiger partial charge in [-0.3, -0.25) is 9.78 Å². The van der Waals surface area contributed by atoms with E-state index in [0.29, 0.717) is 6.54 Å². The molecule has 0 bridgehead atoms. The Labute approximate surface area is 131 Å². The lowest BCUT2D eigenvalue weighted by Gasteiger charge is -2.29. The van der Waals surface area contributed by atoms with Crippen molar-refractivity contribution in [3.63, 3.8) is 0 Å². The van der Waals surface area contributed by atoms with E-state index in [9.17, 15) is 4.79 Å². The molecule has 0 radical (unpaired) electrons. The quantitative estimate of drug-likeness (QED) is 0.865. The molecule has 0 saturated heterocycles. The third kappa shape index (κ3) is 3.85. The SMILES string of the molecule is COc1ccc(N(Cc2cccnc2)C(=O)C(C)(C)C)cc1. The zero-order valence-electron chi connectivity index (χ0n) is 13.5. The number of benzene rings is 1. The highest BCUT2D eigenvalue weighted by atomic mass is 16.5. The van der Waals surface area contributed by atoms with Crippen LogP contribution in [0.2, 0.25) is 0 Å². The van der Waals surface area contributed by atoms with Crippen LogP contribution in [-0.2, 0) is 11.3 Å². The summed E-state index contributed by atoms with van der Waals surface area (Å²) in [6.07, 6.45) is 3.51. The number of aromatic nitrogens is 1. The van der Waals surface area contributed by atoms with Gasteiger partial charge in [0.05, 0.1) is 13.7 Å². The molecule has 0 spiro atoms. The molecule has 4 heteroatoms. The molecule has 2 rings (SSSR count).